The summed E-state index contributed by atoms with van der Waals surface area (Å²) in [4.78, 5) is 30.0. The van der Waals surface area contributed by atoms with Crippen molar-refractivity contribution >= 4 is 28.4 Å². The first-order valence-corrected chi connectivity index (χ1v) is 13.7. The van der Waals surface area contributed by atoms with E-state index in [1.54, 1.807) is 18.7 Å². The number of piperidine rings is 1. The first kappa shape index (κ1) is 25.7. The lowest BCUT2D eigenvalue weighted by molar-refractivity contribution is 0.0359. The van der Waals surface area contributed by atoms with Crippen molar-refractivity contribution in [1.82, 2.24) is 29.8 Å². The van der Waals surface area contributed by atoms with Crippen LogP contribution in [0, 0.1) is 6.92 Å². The second-order valence-electron chi connectivity index (χ2n) is 10.1. The highest BCUT2D eigenvalue weighted by Gasteiger charge is 2.29. The summed E-state index contributed by atoms with van der Waals surface area (Å²) >= 11 is 0. The SMILES string of the molecule is Cc1cc(N(c2ncnc3cnccc23)N2CCOCC2)ccc1OC1CCN(C(=O)N2CCOCC2)CC1. The number of hydrogen-bond acceptors (Lipinski definition) is 9. The van der Waals surface area contributed by atoms with E-state index >= 15 is 0 Å². The van der Waals surface area contributed by atoms with Gasteiger partial charge in [0, 0.05) is 63.7 Å². The predicted octanol–water partition coefficient (Wildman–Crippen LogP) is 3.01. The molecule has 0 aliphatic carbocycles. The van der Waals surface area contributed by atoms with Gasteiger partial charge in [-0.15, -0.1) is 0 Å². The maximum atomic E-state index is 12.8. The van der Waals surface area contributed by atoms with Crippen molar-refractivity contribution in [1.29, 1.82) is 0 Å². The van der Waals surface area contributed by atoms with Gasteiger partial charge in [-0.1, -0.05) is 0 Å². The zero-order chi connectivity index (χ0) is 26.6. The number of aryl methyl sites for hydroxylation is 1. The van der Waals surface area contributed by atoms with E-state index in [0.29, 0.717) is 52.6 Å². The maximum absolute atomic E-state index is 12.8. The molecule has 39 heavy (non-hydrogen) atoms. The van der Waals surface area contributed by atoms with Gasteiger partial charge in [-0.3, -0.25) is 9.99 Å². The van der Waals surface area contributed by atoms with Gasteiger partial charge in [-0.05, 0) is 36.8 Å². The number of morpholine rings is 2. The smallest absolute Gasteiger partial charge is 0.320 e. The third-order valence-corrected chi connectivity index (χ3v) is 7.58. The molecule has 0 saturated carbocycles. The number of hydrogen-bond donors (Lipinski definition) is 0. The van der Waals surface area contributed by atoms with E-state index in [1.165, 1.54) is 0 Å². The highest BCUT2D eigenvalue weighted by Crippen LogP contribution is 2.34. The van der Waals surface area contributed by atoms with Gasteiger partial charge in [0.25, 0.3) is 0 Å². The number of hydrazine groups is 1. The molecule has 3 aromatic rings. The lowest BCUT2D eigenvalue weighted by Gasteiger charge is -2.38. The van der Waals surface area contributed by atoms with Crippen LogP contribution in [0.3, 0.4) is 0 Å². The Morgan fingerprint density at radius 2 is 1.67 bits per heavy atom. The lowest BCUT2D eigenvalue weighted by atomic mass is 10.1. The fourth-order valence-electron chi connectivity index (χ4n) is 5.43. The molecule has 206 valence electrons. The number of likely N-dealkylation sites (tertiary alicyclic amines) is 1. The van der Waals surface area contributed by atoms with Gasteiger partial charge < -0.3 is 24.0 Å². The van der Waals surface area contributed by atoms with Crippen LogP contribution in [-0.2, 0) is 9.47 Å². The molecule has 11 heteroatoms. The lowest BCUT2D eigenvalue weighted by Crippen LogP contribution is -2.51. The molecule has 11 nitrogen and oxygen atoms in total. The van der Waals surface area contributed by atoms with Crippen LogP contribution in [0.15, 0.2) is 43.0 Å². The van der Waals surface area contributed by atoms with Crippen LogP contribution >= 0.6 is 0 Å². The van der Waals surface area contributed by atoms with Crippen LogP contribution < -0.4 is 9.75 Å². The van der Waals surface area contributed by atoms with Crippen molar-refractivity contribution in [3.8, 4) is 5.75 Å². The third-order valence-electron chi connectivity index (χ3n) is 7.58. The van der Waals surface area contributed by atoms with Gasteiger partial charge >= 0.3 is 6.03 Å². The van der Waals surface area contributed by atoms with Crippen molar-refractivity contribution in [2.45, 2.75) is 25.9 Å². The summed E-state index contributed by atoms with van der Waals surface area (Å²) in [5, 5.41) is 5.37. The zero-order valence-electron chi connectivity index (χ0n) is 22.4. The highest BCUT2D eigenvalue weighted by atomic mass is 16.5. The van der Waals surface area contributed by atoms with Gasteiger partial charge in [0.2, 0.25) is 0 Å². The minimum atomic E-state index is 0.0805. The normalized spacial score (nSPS) is 19.3. The summed E-state index contributed by atoms with van der Waals surface area (Å²) < 4.78 is 17.5. The molecule has 0 unspecified atom stereocenters. The van der Waals surface area contributed by atoms with Gasteiger partial charge in [-0.2, -0.15) is 0 Å². The second-order valence-corrected chi connectivity index (χ2v) is 10.1. The number of urea groups is 1. The molecule has 0 atom stereocenters. The number of anilines is 2. The molecule has 5 heterocycles. The second kappa shape index (κ2) is 11.7. The number of aromatic nitrogens is 3. The van der Waals surface area contributed by atoms with Crippen LogP contribution in [0.2, 0.25) is 0 Å². The summed E-state index contributed by atoms with van der Waals surface area (Å²) in [6, 6.07) is 8.36. The quantitative estimate of drug-likeness (QED) is 0.490. The number of rotatable bonds is 5. The van der Waals surface area contributed by atoms with E-state index in [1.807, 2.05) is 21.9 Å². The largest absolute Gasteiger partial charge is 0.490 e. The number of carbonyl (C=O) groups is 1. The highest BCUT2D eigenvalue weighted by molar-refractivity contribution is 5.90. The molecular weight excluding hydrogens is 498 g/mol. The van der Waals surface area contributed by atoms with Crippen molar-refractivity contribution in [2.75, 3.05) is 70.7 Å². The third kappa shape index (κ3) is 5.61. The zero-order valence-corrected chi connectivity index (χ0v) is 22.4. The summed E-state index contributed by atoms with van der Waals surface area (Å²) in [5.41, 5.74) is 2.86. The van der Waals surface area contributed by atoms with Gasteiger partial charge in [-0.25, -0.2) is 19.8 Å². The Hall–Kier alpha value is -3.54. The molecule has 0 radical (unpaired) electrons. The fraction of sp³-hybridized carbons (Fsp3) is 0.500. The number of carbonyl (C=O) groups excluding carboxylic acids is 1. The van der Waals surface area contributed by atoms with Crippen molar-refractivity contribution in [2.24, 2.45) is 0 Å². The molecule has 3 saturated heterocycles. The maximum Gasteiger partial charge on any atom is 0.320 e. The van der Waals surface area contributed by atoms with Crippen molar-refractivity contribution in [3.63, 3.8) is 0 Å². The van der Waals surface area contributed by atoms with Crippen LogP contribution in [0.4, 0.5) is 16.3 Å². The Kier molecular flexibility index (Phi) is 7.71. The average molecular weight is 534 g/mol. The van der Waals surface area contributed by atoms with Gasteiger partial charge in [0.15, 0.2) is 5.82 Å². The van der Waals surface area contributed by atoms with Gasteiger partial charge in [0.05, 0.1) is 43.8 Å². The topological polar surface area (TPSA) is 96.4 Å². The molecular formula is C28H35N7O4. The molecule has 3 aliphatic rings. The van der Waals surface area contributed by atoms with E-state index in [2.05, 4.69) is 39.0 Å². The molecule has 6 rings (SSSR count). The molecule has 2 amide bonds. The van der Waals surface area contributed by atoms with E-state index in [9.17, 15) is 4.79 Å². The number of pyridine rings is 1. The van der Waals surface area contributed by atoms with Crippen LogP contribution in [-0.4, -0.2) is 108 Å². The monoisotopic (exact) mass is 533 g/mol. The summed E-state index contributed by atoms with van der Waals surface area (Å²) in [5.74, 6) is 1.69. The number of fused-ring (bicyclic) bond motifs is 1. The Labute approximate surface area is 228 Å². The van der Waals surface area contributed by atoms with E-state index in [-0.39, 0.29) is 12.1 Å². The minimum absolute atomic E-state index is 0.0805. The molecule has 0 spiro atoms. The van der Waals surface area contributed by atoms with Crippen molar-refractivity contribution < 1.29 is 19.0 Å². The molecule has 2 aromatic heterocycles. The Morgan fingerprint density at radius 1 is 0.949 bits per heavy atom. The number of amides is 2. The predicted molar refractivity (Wildman–Crippen MR) is 146 cm³/mol. The molecule has 0 N–H and O–H groups in total. The van der Waals surface area contributed by atoms with E-state index in [4.69, 9.17) is 19.2 Å². The first-order chi connectivity index (χ1) is 19.2. The minimum Gasteiger partial charge on any atom is -0.490 e. The Morgan fingerprint density at radius 3 is 2.41 bits per heavy atom. The standard InChI is InChI=1S/C28H35N7O4/c1-21-18-22(35(34-12-16-38-17-13-34)27-24-4-7-29-19-25(24)30-20-31-27)2-3-26(21)39-23-5-8-32(9-6-23)28(36)33-10-14-37-15-11-33/h2-4,7,18-20,23H,5-6,8-17H2,1H3. The van der Waals surface area contributed by atoms with Crippen LogP contribution in [0.5, 0.6) is 5.75 Å². The number of benzene rings is 1. The molecule has 0 bridgehead atoms. The number of nitrogens with zero attached hydrogens (tertiary/aromatic N) is 7. The van der Waals surface area contributed by atoms with Crippen molar-refractivity contribution in [3.05, 3.63) is 48.5 Å². The fourth-order valence-corrected chi connectivity index (χ4v) is 5.43. The summed E-state index contributed by atoms with van der Waals surface area (Å²) in [6.07, 6.45) is 6.84. The van der Waals surface area contributed by atoms with Crippen LogP contribution in [0.25, 0.3) is 10.9 Å². The Bertz CT molecular complexity index is 1280. The van der Waals surface area contributed by atoms with Gasteiger partial charge in [0.1, 0.15) is 18.2 Å². The summed E-state index contributed by atoms with van der Waals surface area (Å²) in [7, 11) is 0. The first-order valence-electron chi connectivity index (χ1n) is 13.7. The summed E-state index contributed by atoms with van der Waals surface area (Å²) in [6.45, 7) is 8.91. The molecule has 3 aliphatic heterocycles. The van der Waals surface area contributed by atoms with E-state index in [0.717, 1.165) is 59.7 Å². The Balaban J connectivity index is 1.18. The number of ether oxygens (including phenoxy) is 3. The van der Waals surface area contributed by atoms with Crippen LogP contribution in [0.1, 0.15) is 18.4 Å². The van der Waals surface area contributed by atoms with E-state index < -0.39 is 0 Å². The molecule has 1 aromatic carbocycles. The molecule has 3 fully saturated rings. The average Bonchev–Trinajstić information content (AvgIpc) is 3.00.